The first kappa shape index (κ1) is 45.3. The van der Waals surface area contributed by atoms with Gasteiger partial charge in [0.25, 0.3) is 0 Å². The predicted octanol–water partition coefficient (Wildman–Crippen LogP) is 20.0. The molecule has 0 atom stereocenters. The third kappa shape index (κ3) is 9.39. The Morgan fingerprint density at radius 3 is 0.730 bits per heavy atom. The van der Waals surface area contributed by atoms with E-state index in [0.717, 1.165) is 79.4 Å². The molecule has 0 amide bonds. The van der Waals surface area contributed by atoms with Crippen molar-refractivity contribution in [2.24, 2.45) is 0 Å². The quantitative estimate of drug-likeness (QED) is 0.101. The minimum atomic E-state index is 1.07. The van der Waals surface area contributed by atoms with Crippen molar-refractivity contribution < 1.29 is 0 Å². The molecule has 0 saturated heterocycles. The highest BCUT2D eigenvalue weighted by Gasteiger charge is 2.20. The van der Waals surface area contributed by atoms with Gasteiger partial charge in [-0.05, 0) is 155 Å². The highest BCUT2D eigenvalue weighted by molar-refractivity contribution is 6.00. The third-order valence-electron chi connectivity index (χ3n) is 13.6. The highest BCUT2D eigenvalue weighted by atomic mass is 15.2. The molecule has 12 rings (SSSR count). The Morgan fingerprint density at radius 1 is 0.176 bits per heavy atom. The molecule has 0 aliphatic heterocycles. The van der Waals surface area contributed by atoms with Gasteiger partial charge in [-0.15, -0.1) is 0 Å². The van der Waals surface area contributed by atoms with Crippen molar-refractivity contribution in [1.29, 1.82) is 0 Å². The SMILES string of the molecule is C(=C\c1ccc(N(c2ccccc2)c2ccc(N(c3ccccc3)c3cccc4ccccc34)cc2)cc1)/c1ccc(N(c2ccccc2)c2ccc(N(c3ccccc3)c3cccc4ccccc34)cc2)cc1. The van der Waals surface area contributed by atoms with Crippen molar-refractivity contribution in [3.05, 3.63) is 314 Å². The number of hydrogen-bond donors (Lipinski definition) is 0. The van der Waals surface area contributed by atoms with Gasteiger partial charge in [-0.25, -0.2) is 0 Å². The molecule has 0 aromatic heterocycles. The van der Waals surface area contributed by atoms with Gasteiger partial charge < -0.3 is 19.6 Å². The predicted molar refractivity (Wildman–Crippen MR) is 316 cm³/mol. The summed E-state index contributed by atoms with van der Waals surface area (Å²) in [6.07, 6.45) is 4.38. The minimum absolute atomic E-state index is 1.07. The standard InChI is InChI=1S/C70H52N4/c1-5-23-57(24-6-1)71(63-45-49-65(50-46-63)73(59-27-9-3-10-28-59)69-33-17-21-55-19-13-15-31-67(55)69)61-41-37-53(38-42-61)35-36-54-39-43-62(44-40-54)72(58-25-7-2-8-26-58)64-47-51-66(52-48-64)74(60-29-11-4-12-30-60)70-34-18-22-56-20-14-16-32-68(56)70/h1-52H/b36-35+. The second-order valence-electron chi connectivity index (χ2n) is 18.2. The van der Waals surface area contributed by atoms with E-state index in [0.29, 0.717) is 0 Å². The van der Waals surface area contributed by atoms with E-state index in [9.17, 15) is 0 Å². The van der Waals surface area contributed by atoms with E-state index < -0.39 is 0 Å². The second-order valence-corrected chi connectivity index (χ2v) is 18.2. The highest BCUT2D eigenvalue weighted by Crippen LogP contribution is 2.43. The van der Waals surface area contributed by atoms with Crippen LogP contribution in [-0.4, -0.2) is 0 Å². The van der Waals surface area contributed by atoms with Gasteiger partial charge in [0.05, 0.1) is 11.4 Å². The smallest absolute Gasteiger partial charge is 0.0540 e. The number of para-hydroxylation sites is 4. The Labute approximate surface area is 433 Å². The lowest BCUT2D eigenvalue weighted by atomic mass is 10.1. The van der Waals surface area contributed by atoms with E-state index in [1.54, 1.807) is 0 Å². The van der Waals surface area contributed by atoms with E-state index in [1.807, 2.05) is 0 Å². The van der Waals surface area contributed by atoms with Gasteiger partial charge in [-0.1, -0.05) is 182 Å². The molecule has 12 aromatic rings. The van der Waals surface area contributed by atoms with Crippen molar-refractivity contribution in [2.45, 2.75) is 0 Å². The molecule has 0 aliphatic rings. The first-order valence-corrected chi connectivity index (χ1v) is 25.2. The molecular weight excluding hydrogens is 897 g/mol. The van der Waals surface area contributed by atoms with E-state index in [1.165, 1.54) is 21.5 Å². The monoisotopic (exact) mass is 948 g/mol. The number of rotatable bonds is 14. The molecule has 352 valence electrons. The van der Waals surface area contributed by atoms with Gasteiger partial charge in [-0.2, -0.15) is 0 Å². The van der Waals surface area contributed by atoms with Crippen LogP contribution < -0.4 is 19.6 Å². The Bertz CT molecular complexity index is 3540. The molecule has 0 spiro atoms. The molecule has 4 nitrogen and oxygen atoms in total. The normalized spacial score (nSPS) is 11.2. The lowest BCUT2D eigenvalue weighted by Gasteiger charge is -2.29. The number of fused-ring (bicyclic) bond motifs is 2. The summed E-state index contributed by atoms with van der Waals surface area (Å²) in [6.45, 7) is 0. The number of nitrogens with zero attached hydrogens (tertiary/aromatic N) is 4. The van der Waals surface area contributed by atoms with Gasteiger partial charge in [0.1, 0.15) is 0 Å². The zero-order valence-corrected chi connectivity index (χ0v) is 40.8. The van der Waals surface area contributed by atoms with Gasteiger partial charge in [0.15, 0.2) is 0 Å². The molecule has 4 heteroatoms. The van der Waals surface area contributed by atoms with E-state index in [-0.39, 0.29) is 0 Å². The van der Waals surface area contributed by atoms with E-state index in [4.69, 9.17) is 0 Å². The van der Waals surface area contributed by atoms with Gasteiger partial charge >= 0.3 is 0 Å². The maximum absolute atomic E-state index is 2.35. The molecule has 0 N–H and O–H groups in total. The largest absolute Gasteiger partial charge is 0.311 e. The first-order valence-electron chi connectivity index (χ1n) is 25.2. The minimum Gasteiger partial charge on any atom is -0.311 e. The summed E-state index contributed by atoms with van der Waals surface area (Å²) in [6, 6.07) is 108. The topological polar surface area (TPSA) is 13.0 Å². The second kappa shape index (κ2) is 20.8. The average Bonchev–Trinajstić information content (AvgIpc) is 3.48. The third-order valence-corrected chi connectivity index (χ3v) is 13.6. The zero-order chi connectivity index (χ0) is 49.5. The summed E-state index contributed by atoms with van der Waals surface area (Å²) in [4.78, 5) is 9.33. The van der Waals surface area contributed by atoms with Crippen molar-refractivity contribution >= 4 is 102 Å². The Morgan fingerprint density at radius 2 is 0.405 bits per heavy atom. The lowest BCUT2D eigenvalue weighted by molar-refractivity contribution is 1.26. The fourth-order valence-corrected chi connectivity index (χ4v) is 10.0. The number of hydrogen-bond acceptors (Lipinski definition) is 4. The van der Waals surface area contributed by atoms with Crippen molar-refractivity contribution in [3.63, 3.8) is 0 Å². The molecular formula is C70H52N4. The Balaban J connectivity index is 0.802. The van der Waals surface area contributed by atoms with Crippen LogP contribution in [0, 0.1) is 0 Å². The number of benzene rings is 12. The van der Waals surface area contributed by atoms with Crippen molar-refractivity contribution in [2.75, 3.05) is 19.6 Å². The Hall–Kier alpha value is -9.90. The molecule has 12 aromatic carbocycles. The van der Waals surface area contributed by atoms with Gasteiger partial charge in [0.2, 0.25) is 0 Å². The van der Waals surface area contributed by atoms with E-state index >= 15 is 0 Å². The average molecular weight is 949 g/mol. The summed E-state index contributed by atoms with van der Waals surface area (Å²) in [5, 5.41) is 4.83. The van der Waals surface area contributed by atoms with Crippen LogP contribution >= 0.6 is 0 Å². The fourth-order valence-electron chi connectivity index (χ4n) is 10.0. The fraction of sp³-hybridized carbons (Fsp3) is 0. The maximum atomic E-state index is 2.35. The van der Waals surface area contributed by atoms with Gasteiger partial charge in [-0.3, -0.25) is 0 Å². The van der Waals surface area contributed by atoms with Gasteiger partial charge in [0, 0.05) is 67.6 Å². The molecule has 0 unspecified atom stereocenters. The molecule has 0 bridgehead atoms. The molecule has 0 radical (unpaired) electrons. The van der Waals surface area contributed by atoms with Crippen LogP contribution in [0.4, 0.5) is 68.2 Å². The van der Waals surface area contributed by atoms with Crippen LogP contribution in [0.25, 0.3) is 33.7 Å². The zero-order valence-electron chi connectivity index (χ0n) is 40.8. The Kier molecular flexibility index (Phi) is 12.7. The van der Waals surface area contributed by atoms with Crippen molar-refractivity contribution in [1.82, 2.24) is 0 Å². The maximum Gasteiger partial charge on any atom is 0.0540 e. The van der Waals surface area contributed by atoms with E-state index in [2.05, 4.69) is 335 Å². The summed E-state index contributed by atoms with van der Waals surface area (Å²) in [5.74, 6) is 0. The van der Waals surface area contributed by atoms with Crippen LogP contribution in [-0.2, 0) is 0 Å². The van der Waals surface area contributed by atoms with Crippen molar-refractivity contribution in [3.8, 4) is 0 Å². The summed E-state index contributed by atoms with van der Waals surface area (Å²) in [7, 11) is 0. The summed E-state index contributed by atoms with van der Waals surface area (Å²) in [5.41, 5.74) is 15.4. The summed E-state index contributed by atoms with van der Waals surface area (Å²) >= 11 is 0. The lowest BCUT2D eigenvalue weighted by Crippen LogP contribution is -2.12. The molecule has 0 heterocycles. The summed E-state index contributed by atoms with van der Waals surface area (Å²) < 4.78 is 0. The first-order chi connectivity index (χ1) is 36.7. The molecule has 0 fully saturated rings. The van der Waals surface area contributed by atoms with Crippen LogP contribution in [0.2, 0.25) is 0 Å². The molecule has 0 aliphatic carbocycles. The van der Waals surface area contributed by atoms with Crippen LogP contribution in [0.5, 0.6) is 0 Å². The van der Waals surface area contributed by atoms with Crippen LogP contribution in [0.15, 0.2) is 303 Å². The molecule has 0 saturated carbocycles. The van der Waals surface area contributed by atoms with Crippen LogP contribution in [0.3, 0.4) is 0 Å². The van der Waals surface area contributed by atoms with Crippen LogP contribution in [0.1, 0.15) is 11.1 Å². The number of anilines is 12. The molecule has 74 heavy (non-hydrogen) atoms.